The van der Waals surface area contributed by atoms with Gasteiger partial charge >= 0.3 is 0 Å². The van der Waals surface area contributed by atoms with Crippen molar-refractivity contribution in [1.29, 1.82) is 0 Å². The second-order valence-electron chi connectivity index (χ2n) is 4.72. The fraction of sp³-hybridized carbons (Fsp3) is 0.615. The van der Waals surface area contributed by atoms with Gasteiger partial charge in [0.25, 0.3) is 0 Å². The van der Waals surface area contributed by atoms with Crippen molar-refractivity contribution >= 4 is 17.4 Å². The summed E-state index contributed by atoms with van der Waals surface area (Å²) in [4.78, 5) is 8.87. The molecule has 1 aliphatic rings. The van der Waals surface area contributed by atoms with E-state index in [2.05, 4.69) is 14.8 Å². The van der Waals surface area contributed by atoms with Gasteiger partial charge in [-0.15, -0.1) is 0 Å². The fourth-order valence-corrected chi connectivity index (χ4v) is 2.71. The van der Waals surface area contributed by atoms with Gasteiger partial charge in [-0.05, 0) is 24.6 Å². The summed E-state index contributed by atoms with van der Waals surface area (Å²) in [5, 5.41) is 9.67. The van der Waals surface area contributed by atoms with Crippen molar-refractivity contribution in [2.24, 2.45) is 5.73 Å². The molecule has 5 nitrogen and oxygen atoms in total. The van der Waals surface area contributed by atoms with Gasteiger partial charge < -0.3 is 15.7 Å². The van der Waals surface area contributed by atoms with Crippen LogP contribution in [0.3, 0.4) is 0 Å². The third-order valence-corrected chi connectivity index (χ3v) is 3.89. The average Bonchev–Trinajstić information content (AvgIpc) is 2.65. The molecular formula is C13H21ClN4O. The van der Waals surface area contributed by atoms with Crippen molar-refractivity contribution in [1.82, 2.24) is 9.88 Å². The number of pyridine rings is 1. The zero-order valence-corrected chi connectivity index (χ0v) is 11.8. The molecule has 19 heavy (non-hydrogen) atoms. The first kappa shape index (κ1) is 14.5. The molecule has 0 atom stereocenters. The SMILES string of the molecule is NCc1ccnc(N2CCCN(CCO)CC2)c1Cl. The summed E-state index contributed by atoms with van der Waals surface area (Å²) < 4.78 is 0. The Kier molecular flexibility index (Phi) is 5.39. The zero-order chi connectivity index (χ0) is 13.7. The lowest BCUT2D eigenvalue weighted by Gasteiger charge is -2.24. The Morgan fingerprint density at radius 3 is 2.89 bits per heavy atom. The molecule has 0 bridgehead atoms. The monoisotopic (exact) mass is 284 g/mol. The molecule has 0 unspecified atom stereocenters. The van der Waals surface area contributed by atoms with E-state index in [0.29, 0.717) is 11.6 Å². The topological polar surface area (TPSA) is 65.6 Å². The van der Waals surface area contributed by atoms with E-state index in [0.717, 1.165) is 50.5 Å². The lowest BCUT2D eigenvalue weighted by molar-refractivity contribution is 0.204. The van der Waals surface area contributed by atoms with Crippen LogP contribution in [0.5, 0.6) is 0 Å². The number of nitrogens with two attached hydrogens (primary N) is 1. The van der Waals surface area contributed by atoms with Crippen LogP contribution in [-0.2, 0) is 6.54 Å². The van der Waals surface area contributed by atoms with Gasteiger partial charge in [0.15, 0.2) is 0 Å². The van der Waals surface area contributed by atoms with Gasteiger partial charge in [0.1, 0.15) is 5.82 Å². The highest BCUT2D eigenvalue weighted by Gasteiger charge is 2.18. The quantitative estimate of drug-likeness (QED) is 0.852. The third-order valence-electron chi connectivity index (χ3n) is 3.47. The number of hydrogen-bond donors (Lipinski definition) is 2. The summed E-state index contributed by atoms with van der Waals surface area (Å²) in [5.74, 6) is 0.829. The smallest absolute Gasteiger partial charge is 0.147 e. The van der Waals surface area contributed by atoms with Gasteiger partial charge in [-0.2, -0.15) is 0 Å². The molecule has 2 rings (SSSR count). The van der Waals surface area contributed by atoms with E-state index in [1.54, 1.807) is 6.20 Å². The Labute approximate surface area is 119 Å². The predicted molar refractivity (Wildman–Crippen MR) is 77.5 cm³/mol. The maximum Gasteiger partial charge on any atom is 0.147 e. The number of aliphatic hydroxyl groups excluding tert-OH is 1. The Morgan fingerprint density at radius 1 is 1.32 bits per heavy atom. The highest BCUT2D eigenvalue weighted by atomic mass is 35.5. The van der Waals surface area contributed by atoms with E-state index in [1.807, 2.05) is 6.07 Å². The summed E-state index contributed by atoms with van der Waals surface area (Å²) in [6.07, 6.45) is 2.81. The maximum atomic E-state index is 9.00. The number of β-amino-alcohol motifs (C(OH)–C–C–N with tert-alkyl or cyclic N) is 1. The number of nitrogens with zero attached hydrogens (tertiary/aromatic N) is 3. The summed E-state index contributed by atoms with van der Waals surface area (Å²) >= 11 is 6.36. The number of hydrogen-bond acceptors (Lipinski definition) is 5. The van der Waals surface area contributed by atoms with Crippen LogP contribution in [0.4, 0.5) is 5.82 Å². The second kappa shape index (κ2) is 7.05. The molecule has 0 aliphatic carbocycles. The van der Waals surface area contributed by atoms with E-state index >= 15 is 0 Å². The van der Waals surface area contributed by atoms with E-state index in [1.165, 1.54) is 0 Å². The molecule has 1 aromatic heterocycles. The van der Waals surface area contributed by atoms with E-state index in [9.17, 15) is 0 Å². The number of aromatic nitrogens is 1. The first-order valence-corrected chi connectivity index (χ1v) is 7.05. The summed E-state index contributed by atoms with van der Waals surface area (Å²) in [7, 11) is 0. The van der Waals surface area contributed by atoms with E-state index in [-0.39, 0.29) is 6.61 Å². The first-order valence-electron chi connectivity index (χ1n) is 6.68. The predicted octanol–water partition coefficient (Wildman–Crippen LogP) is 0.698. The molecule has 3 N–H and O–H groups in total. The lowest BCUT2D eigenvalue weighted by Crippen LogP contribution is -2.33. The molecule has 2 heterocycles. The van der Waals surface area contributed by atoms with Crippen molar-refractivity contribution in [3.63, 3.8) is 0 Å². The Balaban J connectivity index is 2.10. The minimum absolute atomic E-state index is 0.210. The maximum absolute atomic E-state index is 9.00. The number of rotatable bonds is 4. The Hall–Kier alpha value is -0.880. The molecule has 1 fully saturated rings. The zero-order valence-electron chi connectivity index (χ0n) is 11.1. The van der Waals surface area contributed by atoms with Crippen molar-refractivity contribution in [3.8, 4) is 0 Å². The van der Waals surface area contributed by atoms with Crippen LogP contribution in [-0.4, -0.2) is 54.3 Å². The molecule has 0 spiro atoms. The molecule has 6 heteroatoms. The number of aliphatic hydroxyl groups is 1. The van der Waals surface area contributed by atoms with Crippen molar-refractivity contribution < 1.29 is 5.11 Å². The van der Waals surface area contributed by atoms with Crippen LogP contribution in [0, 0.1) is 0 Å². The number of halogens is 1. The van der Waals surface area contributed by atoms with E-state index in [4.69, 9.17) is 22.4 Å². The molecule has 0 saturated carbocycles. The molecule has 1 saturated heterocycles. The number of anilines is 1. The lowest BCUT2D eigenvalue weighted by atomic mass is 10.2. The Bertz CT molecular complexity index is 416. The van der Waals surface area contributed by atoms with Crippen LogP contribution in [0.15, 0.2) is 12.3 Å². The Morgan fingerprint density at radius 2 is 2.16 bits per heavy atom. The van der Waals surface area contributed by atoms with Crippen molar-refractivity contribution in [2.75, 3.05) is 44.2 Å². The normalized spacial score (nSPS) is 17.5. The van der Waals surface area contributed by atoms with Crippen molar-refractivity contribution in [3.05, 3.63) is 22.8 Å². The van der Waals surface area contributed by atoms with Gasteiger partial charge in [0, 0.05) is 38.9 Å². The average molecular weight is 285 g/mol. The van der Waals surface area contributed by atoms with E-state index < -0.39 is 0 Å². The van der Waals surface area contributed by atoms with Gasteiger partial charge in [-0.1, -0.05) is 11.6 Å². The van der Waals surface area contributed by atoms with Crippen LogP contribution in [0.1, 0.15) is 12.0 Å². The van der Waals surface area contributed by atoms with Crippen molar-refractivity contribution in [2.45, 2.75) is 13.0 Å². The summed E-state index contributed by atoms with van der Waals surface area (Å²) in [6, 6.07) is 1.86. The highest BCUT2D eigenvalue weighted by Crippen LogP contribution is 2.27. The minimum atomic E-state index is 0.210. The van der Waals surface area contributed by atoms with Crippen LogP contribution < -0.4 is 10.6 Å². The highest BCUT2D eigenvalue weighted by molar-refractivity contribution is 6.33. The molecule has 1 aromatic rings. The summed E-state index contributed by atoms with van der Waals surface area (Å²) in [5.41, 5.74) is 6.61. The van der Waals surface area contributed by atoms with Gasteiger partial charge in [-0.3, -0.25) is 4.90 Å². The molecule has 1 aliphatic heterocycles. The molecule has 0 aromatic carbocycles. The fourth-order valence-electron chi connectivity index (χ4n) is 2.40. The minimum Gasteiger partial charge on any atom is -0.395 e. The van der Waals surface area contributed by atoms with Crippen LogP contribution >= 0.6 is 11.6 Å². The summed E-state index contributed by atoms with van der Waals surface area (Å²) in [6.45, 7) is 5.11. The van der Waals surface area contributed by atoms with Gasteiger partial charge in [0.05, 0.1) is 11.6 Å². The molecule has 106 valence electrons. The molecule has 0 amide bonds. The first-order chi connectivity index (χ1) is 9.26. The second-order valence-corrected chi connectivity index (χ2v) is 5.10. The third kappa shape index (κ3) is 3.57. The van der Waals surface area contributed by atoms with Gasteiger partial charge in [0.2, 0.25) is 0 Å². The van der Waals surface area contributed by atoms with Gasteiger partial charge in [-0.25, -0.2) is 4.98 Å². The molecule has 0 radical (unpaired) electrons. The standard InChI is InChI=1S/C13H21ClN4O/c14-12-11(10-15)2-3-16-13(12)18-5-1-4-17(6-7-18)8-9-19/h2-3,19H,1,4-10,15H2. The van der Waals surface area contributed by atoms with Crippen LogP contribution in [0.2, 0.25) is 5.02 Å². The largest absolute Gasteiger partial charge is 0.395 e. The molecular weight excluding hydrogens is 264 g/mol. The van der Waals surface area contributed by atoms with Crippen LogP contribution in [0.25, 0.3) is 0 Å².